The first kappa shape index (κ1) is 13.4. The van der Waals surface area contributed by atoms with Crippen molar-refractivity contribution in [2.45, 2.75) is 38.3 Å². The topological polar surface area (TPSA) is 56.7 Å². The third-order valence-corrected chi connectivity index (χ3v) is 4.05. The lowest BCUT2D eigenvalue weighted by Gasteiger charge is -2.36. The van der Waals surface area contributed by atoms with E-state index in [0.717, 1.165) is 31.8 Å². The number of nitrogens with one attached hydrogen (secondary N) is 2. The van der Waals surface area contributed by atoms with Crippen LogP contribution in [-0.2, 0) is 6.54 Å². The lowest BCUT2D eigenvalue weighted by Crippen LogP contribution is -2.50. The minimum absolute atomic E-state index is 0.515. The maximum Gasteiger partial charge on any atom is 0.191 e. The van der Waals surface area contributed by atoms with Crippen LogP contribution in [-0.4, -0.2) is 29.8 Å². The van der Waals surface area contributed by atoms with Gasteiger partial charge in [0.15, 0.2) is 5.96 Å². The maximum atomic E-state index is 10.0. The van der Waals surface area contributed by atoms with Crippen LogP contribution in [0.1, 0.15) is 31.1 Å². The van der Waals surface area contributed by atoms with Crippen LogP contribution in [0.15, 0.2) is 22.5 Å². The van der Waals surface area contributed by atoms with Crippen LogP contribution < -0.4 is 10.6 Å². The summed E-state index contributed by atoms with van der Waals surface area (Å²) in [5.74, 6) is 0.784. The molecule has 1 saturated carbocycles. The Hall–Kier alpha value is -1.07. The zero-order chi connectivity index (χ0) is 12.8. The molecule has 1 heterocycles. The zero-order valence-electron chi connectivity index (χ0n) is 10.8. The quantitative estimate of drug-likeness (QED) is 0.562. The molecule has 1 fully saturated rings. The second-order valence-corrected chi connectivity index (χ2v) is 5.74. The van der Waals surface area contributed by atoms with E-state index in [1.54, 1.807) is 11.3 Å². The molecule has 18 heavy (non-hydrogen) atoms. The van der Waals surface area contributed by atoms with Gasteiger partial charge in [0.1, 0.15) is 0 Å². The van der Waals surface area contributed by atoms with E-state index in [9.17, 15) is 5.11 Å². The van der Waals surface area contributed by atoms with Crippen molar-refractivity contribution >= 4 is 17.3 Å². The lowest BCUT2D eigenvalue weighted by molar-refractivity contribution is -0.0279. The average Bonchev–Trinajstić information content (AvgIpc) is 2.83. The van der Waals surface area contributed by atoms with E-state index in [-0.39, 0.29) is 0 Å². The molecule has 0 aromatic carbocycles. The second-order valence-electron chi connectivity index (χ2n) is 4.71. The molecule has 0 saturated heterocycles. The minimum Gasteiger partial charge on any atom is -0.388 e. The van der Waals surface area contributed by atoms with Gasteiger partial charge in [-0.1, -0.05) is 6.07 Å². The molecule has 0 radical (unpaired) electrons. The standard InChI is InChI=1S/C13H21N3OS/c1-2-14-12(15-9-11-5-3-8-18-11)16-10-13(17)6-4-7-13/h3,5,8,17H,2,4,6-7,9-10H2,1H3,(H2,14,15,16). The lowest BCUT2D eigenvalue weighted by atomic mass is 9.80. The summed E-state index contributed by atoms with van der Waals surface area (Å²) in [4.78, 5) is 5.76. The molecule has 4 nitrogen and oxygen atoms in total. The van der Waals surface area contributed by atoms with Crippen LogP contribution in [0.4, 0.5) is 0 Å². The van der Waals surface area contributed by atoms with Crippen LogP contribution >= 0.6 is 11.3 Å². The molecule has 1 aliphatic carbocycles. The number of thiophene rings is 1. The van der Waals surface area contributed by atoms with E-state index in [4.69, 9.17) is 0 Å². The molecule has 0 unspecified atom stereocenters. The SMILES string of the molecule is CCNC(=NCc1cccs1)NCC1(O)CCC1. The number of hydrogen-bond donors (Lipinski definition) is 3. The van der Waals surface area contributed by atoms with E-state index >= 15 is 0 Å². The first-order valence-electron chi connectivity index (χ1n) is 6.49. The highest BCUT2D eigenvalue weighted by Gasteiger charge is 2.34. The second kappa shape index (κ2) is 6.20. The Balaban J connectivity index is 1.84. The monoisotopic (exact) mass is 267 g/mol. The van der Waals surface area contributed by atoms with Gasteiger partial charge in [0.25, 0.3) is 0 Å². The molecule has 3 N–H and O–H groups in total. The number of nitrogens with zero attached hydrogens (tertiary/aromatic N) is 1. The Labute approximate surface area is 112 Å². The van der Waals surface area contributed by atoms with E-state index in [2.05, 4.69) is 27.1 Å². The van der Waals surface area contributed by atoms with Gasteiger partial charge < -0.3 is 15.7 Å². The predicted octanol–water partition coefficient (Wildman–Crippen LogP) is 1.72. The van der Waals surface area contributed by atoms with Crippen molar-refractivity contribution in [1.29, 1.82) is 0 Å². The summed E-state index contributed by atoms with van der Waals surface area (Å²) in [6.07, 6.45) is 2.91. The largest absolute Gasteiger partial charge is 0.388 e. The molecule has 0 spiro atoms. The molecular formula is C13H21N3OS. The van der Waals surface area contributed by atoms with Crippen LogP contribution in [0.5, 0.6) is 0 Å². The van der Waals surface area contributed by atoms with Gasteiger partial charge in [0.2, 0.25) is 0 Å². The van der Waals surface area contributed by atoms with E-state index in [1.807, 2.05) is 13.0 Å². The molecular weight excluding hydrogens is 246 g/mol. The summed E-state index contributed by atoms with van der Waals surface area (Å²) in [6.45, 7) is 4.14. The number of aliphatic hydroxyl groups is 1. The molecule has 2 rings (SSSR count). The Morgan fingerprint density at radius 3 is 2.89 bits per heavy atom. The fourth-order valence-electron chi connectivity index (χ4n) is 1.91. The van der Waals surface area contributed by atoms with Gasteiger partial charge in [-0.15, -0.1) is 11.3 Å². The van der Waals surface area contributed by atoms with Crippen molar-refractivity contribution in [2.75, 3.05) is 13.1 Å². The first-order valence-corrected chi connectivity index (χ1v) is 7.37. The zero-order valence-corrected chi connectivity index (χ0v) is 11.6. The fraction of sp³-hybridized carbons (Fsp3) is 0.615. The molecule has 1 aromatic rings. The molecule has 0 atom stereocenters. The normalized spacial score (nSPS) is 18.2. The third-order valence-electron chi connectivity index (χ3n) is 3.19. The summed E-state index contributed by atoms with van der Waals surface area (Å²) >= 11 is 1.71. The smallest absolute Gasteiger partial charge is 0.191 e. The van der Waals surface area contributed by atoms with Gasteiger partial charge in [-0.25, -0.2) is 4.99 Å². The molecule has 1 aromatic heterocycles. The Morgan fingerprint density at radius 1 is 1.50 bits per heavy atom. The van der Waals surface area contributed by atoms with Crippen LogP contribution in [0.2, 0.25) is 0 Å². The third kappa shape index (κ3) is 3.71. The van der Waals surface area contributed by atoms with Gasteiger partial charge in [0, 0.05) is 18.0 Å². The highest BCUT2D eigenvalue weighted by atomic mass is 32.1. The highest BCUT2D eigenvalue weighted by Crippen LogP contribution is 2.30. The highest BCUT2D eigenvalue weighted by molar-refractivity contribution is 7.09. The molecule has 5 heteroatoms. The van der Waals surface area contributed by atoms with E-state index in [1.165, 1.54) is 4.88 Å². The fourth-order valence-corrected chi connectivity index (χ4v) is 2.54. The number of rotatable bonds is 5. The van der Waals surface area contributed by atoms with Crippen molar-refractivity contribution < 1.29 is 5.11 Å². The molecule has 0 bridgehead atoms. The summed E-state index contributed by atoms with van der Waals surface area (Å²) in [6, 6.07) is 4.12. The van der Waals surface area contributed by atoms with Gasteiger partial charge >= 0.3 is 0 Å². The Kier molecular flexibility index (Phi) is 4.60. The number of guanidine groups is 1. The van der Waals surface area contributed by atoms with Crippen LogP contribution in [0.3, 0.4) is 0 Å². The van der Waals surface area contributed by atoms with Gasteiger partial charge in [-0.3, -0.25) is 0 Å². The number of aliphatic imine (C=N–C) groups is 1. The Morgan fingerprint density at radius 2 is 2.33 bits per heavy atom. The van der Waals surface area contributed by atoms with Crippen molar-refractivity contribution in [3.05, 3.63) is 22.4 Å². The summed E-state index contributed by atoms with van der Waals surface area (Å²) in [5, 5.41) is 18.5. The van der Waals surface area contributed by atoms with Gasteiger partial charge in [0.05, 0.1) is 12.1 Å². The predicted molar refractivity (Wildman–Crippen MR) is 75.9 cm³/mol. The van der Waals surface area contributed by atoms with Crippen molar-refractivity contribution in [3.63, 3.8) is 0 Å². The molecule has 0 amide bonds. The summed E-state index contributed by atoms with van der Waals surface area (Å²) in [5.41, 5.74) is -0.515. The maximum absolute atomic E-state index is 10.0. The van der Waals surface area contributed by atoms with Crippen LogP contribution in [0, 0.1) is 0 Å². The van der Waals surface area contributed by atoms with Crippen LogP contribution in [0.25, 0.3) is 0 Å². The van der Waals surface area contributed by atoms with Crippen molar-refractivity contribution in [1.82, 2.24) is 10.6 Å². The number of hydrogen-bond acceptors (Lipinski definition) is 3. The minimum atomic E-state index is -0.515. The Bertz CT molecular complexity index is 385. The first-order chi connectivity index (χ1) is 8.72. The molecule has 0 aliphatic heterocycles. The van der Waals surface area contributed by atoms with E-state index in [0.29, 0.717) is 13.1 Å². The van der Waals surface area contributed by atoms with Crippen molar-refractivity contribution in [3.8, 4) is 0 Å². The van der Waals surface area contributed by atoms with Gasteiger partial charge in [-0.2, -0.15) is 0 Å². The van der Waals surface area contributed by atoms with E-state index < -0.39 is 5.60 Å². The molecule has 1 aliphatic rings. The summed E-state index contributed by atoms with van der Waals surface area (Å²) < 4.78 is 0. The van der Waals surface area contributed by atoms with Gasteiger partial charge in [-0.05, 0) is 37.6 Å². The molecule has 100 valence electrons. The summed E-state index contributed by atoms with van der Waals surface area (Å²) in [7, 11) is 0. The van der Waals surface area contributed by atoms with Crippen molar-refractivity contribution in [2.24, 2.45) is 4.99 Å². The average molecular weight is 267 g/mol.